The minimum absolute atomic E-state index is 0.212. The van der Waals surface area contributed by atoms with Gasteiger partial charge in [0.1, 0.15) is 0 Å². The number of aryl methyl sites for hydroxylation is 1. The number of carbonyl (C=O) groups excluding carboxylic acids is 2. The van der Waals surface area contributed by atoms with Gasteiger partial charge in [-0.1, -0.05) is 18.2 Å². The highest BCUT2D eigenvalue weighted by atomic mass is 32.1. The Bertz CT molecular complexity index is 1150. The largest absolute Gasteiger partial charge is 0.459 e. The van der Waals surface area contributed by atoms with Gasteiger partial charge in [0.15, 0.2) is 5.76 Å². The van der Waals surface area contributed by atoms with Crippen LogP contribution in [0.15, 0.2) is 82.1 Å². The van der Waals surface area contributed by atoms with Crippen LogP contribution in [0.1, 0.15) is 26.5 Å². The van der Waals surface area contributed by atoms with E-state index < -0.39 is 0 Å². The monoisotopic (exact) mass is 402 g/mol. The molecule has 0 fully saturated rings. The molecular weight excluding hydrogens is 384 g/mol. The molecule has 29 heavy (non-hydrogen) atoms. The zero-order chi connectivity index (χ0) is 20.2. The molecule has 0 unspecified atom stereocenters. The average molecular weight is 402 g/mol. The molecule has 0 aliphatic carbocycles. The Morgan fingerprint density at radius 2 is 1.79 bits per heavy atom. The highest BCUT2D eigenvalue weighted by Crippen LogP contribution is 2.25. The second-order valence-electron chi connectivity index (χ2n) is 6.51. The van der Waals surface area contributed by atoms with Crippen LogP contribution in [-0.4, -0.2) is 11.8 Å². The topological polar surface area (TPSA) is 71.3 Å². The Balaban J connectivity index is 1.52. The van der Waals surface area contributed by atoms with Gasteiger partial charge >= 0.3 is 0 Å². The number of benzene rings is 2. The second kappa shape index (κ2) is 8.16. The van der Waals surface area contributed by atoms with Crippen LogP contribution in [0, 0.1) is 6.92 Å². The Hall–Kier alpha value is -3.64. The SMILES string of the molecule is Cc1ccc(C(=O)Nc2cccc(-c3ccsc3)c2)cc1NC(=O)c1ccco1. The van der Waals surface area contributed by atoms with Crippen LogP contribution < -0.4 is 10.6 Å². The smallest absolute Gasteiger partial charge is 0.291 e. The molecule has 0 bridgehead atoms. The van der Waals surface area contributed by atoms with Gasteiger partial charge in [0, 0.05) is 16.9 Å². The first kappa shape index (κ1) is 18.7. The molecule has 2 aromatic heterocycles. The lowest BCUT2D eigenvalue weighted by Crippen LogP contribution is -2.15. The summed E-state index contributed by atoms with van der Waals surface area (Å²) in [6.07, 6.45) is 1.44. The molecule has 0 saturated carbocycles. The fourth-order valence-electron chi connectivity index (χ4n) is 2.90. The van der Waals surface area contributed by atoms with Crippen LogP contribution in [0.5, 0.6) is 0 Å². The fraction of sp³-hybridized carbons (Fsp3) is 0.0435. The highest BCUT2D eigenvalue weighted by molar-refractivity contribution is 7.08. The zero-order valence-corrected chi connectivity index (χ0v) is 16.5. The van der Waals surface area contributed by atoms with Gasteiger partial charge in [0.05, 0.1) is 6.26 Å². The predicted octanol–water partition coefficient (Wildman–Crippen LogP) is 5.82. The van der Waals surface area contributed by atoms with Crippen LogP contribution in [0.4, 0.5) is 11.4 Å². The van der Waals surface area contributed by atoms with Crippen molar-refractivity contribution in [2.24, 2.45) is 0 Å². The number of hydrogen-bond acceptors (Lipinski definition) is 4. The Labute approximate surface area is 172 Å². The molecule has 0 radical (unpaired) electrons. The number of thiophene rings is 1. The second-order valence-corrected chi connectivity index (χ2v) is 7.29. The minimum atomic E-state index is -0.362. The first-order valence-corrected chi connectivity index (χ1v) is 9.94. The van der Waals surface area contributed by atoms with Crippen molar-refractivity contribution in [3.8, 4) is 11.1 Å². The fourth-order valence-corrected chi connectivity index (χ4v) is 3.56. The normalized spacial score (nSPS) is 10.5. The van der Waals surface area contributed by atoms with E-state index in [1.165, 1.54) is 6.26 Å². The third kappa shape index (κ3) is 4.28. The van der Waals surface area contributed by atoms with Crippen LogP contribution >= 0.6 is 11.3 Å². The molecule has 5 nitrogen and oxygen atoms in total. The molecule has 2 aromatic carbocycles. The van der Waals surface area contributed by atoms with Crippen LogP contribution in [0.3, 0.4) is 0 Å². The van der Waals surface area contributed by atoms with Gasteiger partial charge in [-0.15, -0.1) is 0 Å². The zero-order valence-electron chi connectivity index (χ0n) is 15.6. The van der Waals surface area contributed by atoms with Crippen molar-refractivity contribution < 1.29 is 14.0 Å². The molecule has 144 valence electrons. The molecule has 2 N–H and O–H groups in total. The lowest BCUT2D eigenvalue weighted by atomic mass is 10.1. The van der Waals surface area contributed by atoms with Crippen LogP contribution in [-0.2, 0) is 0 Å². The van der Waals surface area contributed by atoms with E-state index in [0.717, 1.165) is 16.7 Å². The van der Waals surface area contributed by atoms with Gasteiger partial charge in [0.2, 0.25) is 0 Å². The van der Waals surface area contributed by atoms with Gasteiger partial charge in [-0.2, -0.15) is 11.3 Å². The van der Waals surface area contributed by atoms with E-state index in [1.54, 1.807) is 41.7 Å². The molecule has 2 amide bonds. The van der Waals surface area contributed by atoms with Gasteiger partial charge < -0.3 is 15.1 Å². The summed E-state index contributed by atoms with van der Waals surface area (Å²) in [7, 11) is 0. The molecule has 0 saturated heterocycles. The minimum Gasteiger partial charge on any atom is -0.459 e. The van der Waals surface area contributed by atoms with Crippen molar-refractivity contribution in [1.29, 1.82) is 0 Å². The number of anilines is 2. The van der Waals surface area contributed by atoms with Gasteiger partial charge in [-0.25, -0.2) is 0 Å². The van der Waals surface area contributed by atoms with E-state index in [1.807, 2.05) is 42.6 Å². The van der Waals surface area contributed by atoms with Crippen molar-refractivity contribution in [3.63, 3.8) is 0 Å². The van der Waals surface area contributed by atoms with Crippen molar-refractivity contribution in [3.05, 3.63) is 94.6 Å². The number of hydrogen-bond donors (Lipinski definition) is 2. The number of carbonyl (C=O) groups is 2. The Morgan fingerprint density at radius 1 is 0.897 bits per heavy atom. The summed E-state index contributed by atoms with van der Waals surface area (Å²) >= 11 is 1.63. The third-order valence-electron chi connectivity index (χ3n) is 4.47. The van der Waals surface area contributed by atoms with E-state index in [-0.39, 0.29) is 17.6 Å². The van der Waals surface area contributed by atoms with Crippen molar-refractivity contribution in [2.75, 3.05) is 10.6 Å². The van der Waals surface area contributed by atoms with Gasteiger partial charge in [-0.05, 0) is 76.8 Å². The highest BCUT2D eigenvalue weighted by Gasteiger charge is 2.13. The number of nitrogens with one attached hydrogen (secondary N) is 2. The quantitative estimate of drug-likeness (QED) is 0.442. The molecule has 0 spiro atoms. The van der Waals surface area contributed by atoms with E-state index in [2.05, 4.69) is 16.0 Å². The summed E-state index contributed by atoms with van der Waals surface area (Å²) < 4.78 is 5.12. The summed E-state index contributed by atoms with van der Waals surface area (Å²) in [4.78, 5) is 25.0. The molecule has 2 heterocycles. The van der Waals surface area contributed by atoms with E-state index in [4.69, 9.17) is 4.42 Å². The Kier molecular flexibility index (Phi) is 5.27. The third-order valence-corrected chi connectivity index (χ3v) is 5.15. The molecular formula is C23H18N2O3S. The summed E-state index contributed by atoms with van der Waals surface area (Å²) in [6, 6.07) is 18.2. The summed E-state index contributed by atoms with van der Waals surface area (Å²) in [5, 5.41) is 9.79. The lowest BCUT2D eigenvalue weighted by molar-refractivity contribution is 0.0993. The number of amides is 2. The maximum Gasteiger partial charge on any atom is 0.291 e. The first-order chi connectivity index (χ1) is 14.1. The van der Waals surface area contributed by atoms with Crippen molar-refractivity contribution in [2.45, 2.75) is 6.92 Å². The molecule has 6 heteroatoms. The maximum atomic E-state index is 12.7. The van der Waals surface area contributed by atoms with Crippen molar-refractivity contribution >= 4 is 34.5 Å². The summed E-state index contributed by atoms with van der Waals surface area (Å²) in [5.41, 5.74) is 4.72. The first-order valence-electron chi connectivity index (χ1n) is 8.99. The molecule has 4 rings (SSSR count). The van der Waals surface area contributed by atoms with Crippen LogP contribution in [0.2, 0.25) is 0 Å². The number of furan rings is 1. The van der Waals surface area contributed by atoms with E-state index in [0.29, 0.717) is 16.9 Å². The summed E-state index contributed by atoms with van der Waals surface area (Å²) in [6.45, 7) is 1.86. The molecule has 0 aliphatic heterocycles. The standard InChI is InChI=1S/C23H18N2O3S/c1-15-7-8-17(13-20(15)25-23(27)21-6-3-10-28-21)22(26)24-19-5-2-4-16(12-19)18-9-11-29-14-18/h2-14H,1H3,(H,24,26)(H,25,27). The lowest BCUT2D eigenvalue weighted by Gasteiger charge is -2.11. The summed E-state index contributed by atoms with van der Waals surface area (Å²) in [5.74, 6) is -0.399. The van der Waals surface area contributed by atoms with Gasteiger partial charge in [0.25, 0.3) is 11.8 Å². The van der Waals surface area contributed by atoms with Gasteiger partial charge in [-0.3, -0.25) is 9.59 Å². The number of rotatable bonds is 5. The van der Waals surface area contributed by atoms with E-state index >= 15 is 0 Å². The average Bonchev–Trinajstić information content (AvgIpc) is 3.44. The predicted molar refractivity (Wildman–Crippen MR) is 116 cm³/mol. The molecule has 0 aliphatic rings. The maximum absolute atomic E-state index is 12.7. The van der Waals surface area contributed by atoms with Crippen molar-refractivity contribution in [1.82, 2.24) is 0 Å². The van der Waals surface area contributed by atoms with Crippen LogP contribution in [0.25, 0.3) is 11.1 Å². The molecule has 0 atom stereocenters. The van der Waals surface area contributed by atoms with E-state index in [9.17, 15) is 9.59 Å². The Morgan fingerprint density at radius 3 is 2.55 bits per heavy atom. The molecule has 4 aromatic rings.